The van der Waals surface area contributed by atoms with E-state index in [9.17, 15) is 13.2 Å². The smallest absolute Gasteiger partial charge is 0.254 e. The van der Waals surface area contributed by atoms with Gasteiger partial charge >= 0.3 is 0 Å². The summed E-state index contributed by atoms with van der Waals surface area (Å²) in [6.07, 6.45) is 4.03. The number of rotatable bonds is 5. The SMILES string of the molecule is CC(C)(C)c1ccc(C(=O)N(Cc2ccc(N3CCCCC3)o2)C2CCS(=O)(=O)C2)cc1. The first-order valence-corrected chi connectivity index (χ1v) is 13.4. The fraction of sp³-hybridized carbons (Fsp3) is 0.560. The second kappa shape index (κ2) is 8.93. The Hall–Kier alpha value is -2.28. The summed E-state index contributed by atoms with van der Waals surface area (Å²) in [6.45, 7) is 8.64. The van der Waals surface area contributed by atoms with Gasteiger partial charge in [0.15, 0.2) is 15.7 Å². The molecule has 1 amide bonds. The normalized spacial score (nSPS) is 21.0. The molecule has 1 unspecified atom stereocenters. The highest BCUT2D eigenvalue weighted by Crippen LogP contribution is 2.28. The number of hydrogen-bond donors (Lipinski definition) is 0. The molecule has 2 aromatic rings. The van der Waals surface area contributed by atoms with Crippen LogP contribution in [0.1, 0.15) is 68.1 Å². The van der Waals surface area contributed by atoms with E-state index in [0.29, 0.717) is 17.7 Å². The van der Waals surface area contributed by atoms with Crippen molar-refractivity contribution in [3.63, 3.8) is 0 Å². The minimum atomic E-state index is -3.12. The van der Waals surface area contributed by atoms with E-state index in [1.165, 1.54) is 6.42 Å². The molecule has 7 heteroatoms. The van der Waals surface area contributed by atoms with E-state index in [-0.39, 0.29) is 35.4 Å². The first-order chi connectivity index (χ1) is 15.1. The molecule has 0 aliphatic carbocycles. The van der Waals surface area contributed by atoms with Crippen LogP contribution in [0.15, 0.2) is 40.8 Å². The number of amides is 1. The van der Waals surface area contributed by atoms with Crippen LogP contribution in [0.2, 0.25) is 0 Å². The van der Waals surface area contributed by atoms with Crippen LogP contribution in [0.3, 0.4) is 0 Å². The van der Waals surface area contributed by atoms with Crippen molar-refractivity contribution >= 4 is 21.6 Å². The van der Waals surface area contributed by atoms with E-state index >= 15 is 0 Å². The Morgan fingerprint density at radius 3 is 2.34 bits per heavy atom. The molecule has 0 saturated carbocycles. The van der Waals surface area contributed by atoms with Gasteiger partial charge in [-0.25, -0.2) is 8.42 Å². The molecule has 3 heterocycles. The molecule has 2 aliphatic heterocycles. The van der Waals surface area contributed by atoms with Crippen LogP contribution in [0.4, 0.5) is 5.88 Å². The van der Waals surface area contributed by atoms with Crippen molar-refractivity contribution in [2.75, 3.05) is 29.5 Å². The fourth-order valence-electron chi connectivity index (χ4n) is 4.57. The lowest BCUT2D eigenvalue weighted by Crippen LogP contribution is -2.40. The number of nitrogens with zero attached hydrogens (tertiary/aromatic N) is 2. The number of furan rings is 1. The number of carbonyl (C=O) groups excluding carboxylic acids is 1. The summed E-state index contributed by atoms with van der Waals surface area (Å²) in [5.41, 5.74) is 1.73. The monoisotopic (exact) mass is 458 g/mol. The molecule has 1 atom stereocenters. The summed E-state index contributed by atoms with van der Waals surface area (Å²) in [6, 6.07) is 11.2. The summed E-state index contributed by atoms with van der Waals surface area (Å²) in [7, 11) is -3.12. The Balaban J connectivity index is 1.56. The Bertz CT molecular complexity index is 1040. The minimum Gasteiger partial charge on any atom is -0.444 e. The van der Waals surface area contributed by atoms with Gasteiger partial charge in [0.1, 0.15) is 5.76 Å². The predicted octanol–water partition coefficient (Wildman–Crippen LogP) is 4.40. The molecule has 2 fully saturated rings. The van der Waals surface area contributed by atoms with E-state index in [0.717, 1.165) is 37.4 Å². The Morgan fingerprint density at radius 2 is 1.75 bits per heavy atom. The molecule has 32 heavy (non-hydrogen) atoms. The van der Waals surface area contributed by atoms with Crippen LogP contribution < -0.4 is 4.90 Å². The van der Waals surface area contributed by atoms with Crippen molar-refractivity contribution in [3.8, 4) is 0 Å². The third-order valence-electron chi connectivity index (χ3n) is 6.55. The van der Waals surface area contributed by atoms with Gasteiger partial charge in [0, 0.05) is 30.8 Å². The van der Waals surface area contributed by atoms with Crippen molar-refractivity contribution in [2.24, 2.45) is 0 Å². The van der Waals surface area contributed by atoms with E-state index in [2.05, 4.69) is 25.7 Å². The zero-order valence-corrected chi connectivity index (χ0v) is 20.2. The van der Waals surface area contributed by atoms with Gasteiger partial charge in [-0.05, 0) is 54.9 Å². The maximum Gasteiger partial charge on any atom is 0.254 e. The lowest BCUT2D eigenvalue weighted by Gasteiger charge is -2.28. The molecule has 0 spiro atoms. The number of benzene rings is 1. The van der Waals surface area contributed by atoms with E-state index < -0.39 is 9.84 Å². The highest BCUT2D eigenvalue weighted by Gasteiger charge is 2.35. The van der Waals surface area contributed by atoms with E-state index in [1.807, 2.05) is 36.4 Å². The molecular formula is C25H34N2O4S. The van der Waals surface area contributed by atoms with Crippen LogP contribution in [-0.2, 0) is 21.8 Å². The largest absolute Gasteiger partial charge is 0.444 e. The topological polar surface area (TPSA) is 70.8 Å². The van der Waals surface area contributed by atoms with Crippen LogP contribution >= 0.6 is 0 Å². The molecule has 1 aromatic carbocycles. The molecule has 0 radical (unpaired) electrons. The molecule has 0 N–H and O–H groups in total. The molecule has 4 rings (SSSR count). The predicted molar refractivity (Wildman–Crippen MR) is 127 cm³/mol. The van der Waals surface area contributed by atoms with Crippen LogP contribution in [0.25, 0.3) is 0 Å². The molecule has 2 saturated heterocycles. The van der Waals surface area contributed by atoms with Gasteiger partial charge in [0.05, 0.1) is 18.1 Å². The summed E-state index contributed by atoms with van der Waals surface area (Å²) >= 11 is 0. The van der Waals surface area contributed by atoms with Gasteiger partial charge in [-0.3, -0.25) is 4.79 Å². The van der Waals surface area contributed by atoms with E-state index in [1.54, 1.807) is 4.90 Å². The number of hydrogen-bond acceptors (Lipinski definition) is 5. The number of piperidine rings is 1. The van der Waals surface area contributed by atoms with Crippen molar-refractivity contribution in [1.29, 1.82) is 0 Å². The van der Waals surface area contributed by atoms with Gasteiger partial charge in [-0.15, -0.1) is 0 Å². The van der Waals surface area contributed by atoms with Gasteiger partial charge in [-0.1, -0.05) is 32.9 Å². The lowest BCUT2D eigenvalue weighted by atomic mass is 9.86. The summed E-state index contributed by atoms with van der Waals surface area (Å²) < 4.78 is 30.4. The number of carbonyl (C=O) groups is 1. The average molecular weight is 459 g/mol. The number of anilines is 1. The highest BCUT2D eigenvalue weighted by atomic mass is 32.2. The maximum absolute atomic E-state index is 13.5. The second-order valence-corrected chi connectivity index (χ2v) is 12.3. The lowest BCUT2D eigenvalue weighted by molar-refractivity contribution is 0.0666. The Labute approximate surface area is 191 Å². The molecule has 174 valence electrons. The molecule has 1 aromatic heterocycles. The maximum atomic E-state index is 13.5. The quantitative estimate of drug-likeness (QED) is 0.664. The summed E-state index contributed by atoms with van der Waals surface area (Å²) in [4.78, 5) is 17.4. The second-order valence-electron chi connectivity index (χ2n) is 10.1. The van der Waals surface area contributed by atoms with Gasteiger partial charge in [0.25, 0.3) is 5.91 Å². The van der Waals surface area contributed by atoms with Crippen LogP contribution in [-0.4, -0.2) is 49.9 Å². The molecular weight excluding hydrogens is 424 g/mol. The molecule has 0 bridgehead atoms. The first kappa shape index (κ1) is 22.9. The minimum absolute atomic E-state index is 0.000181. The van der Waals surface area contributed by atoms with Gasteiger partial charge in [-0.2, -0.15) is 0 Å². The highest BCUT2D eigenvalue weighted by molar-refractivity contribution is 7.91. The van der Waals surface area contributed by atoms with Crippen molar-refractivity contribution in [2.45, 2.75) is 64.5 Å². The first-order valence-electron chi connectivity index (χ1n) is 11.6. The van der Waals surface area contributed by atoms with Crippen molar-refractivity contribution in [1.82, 2.24) is 4.90 Å². The van der Waals surface area contributed by atoms with Crippen molar-refractivity contribution in [3.05, 3.63) is 53.3 Å². The molecule has 2 aliphatic rings. The Morgan fingerprint density at radius 1 is 1.06 bits per heavy atom. The molecule has 6 nitrogen and oxygen atoms in total. The van der Waals surface area contributed by atoms with E-state index in [4.69, 9.17) is 4.42 Å². The summed E-state index contributed by atoms with van der Waals surface area (Å²) in [5.74, 6) is 1.51. The van der Waals surface area contributed by atoms with Crippen LogP contribution in [0, 0.1) is 0 Å². The van der Waals surface area contributed by atoms with Crippen molar-refractivity contribution < 1.29 is 17.6 Å². The third-order valence-corrected chi connectivity index (χ3v) is 8.30. The standard InChI is InChI=1S/C25H34N2O4S/c1-25(2,3)20-9-7-19(8-10-20)24(28)27(21-13-16-32(29,30)18-21)17-22-11-12-23(31-22)26-14-5-4-6-15-26/h7-12,21H,4-6,13-18H2,1-3H3. The third kappa shape index (κ3) is 5.20. The average Bonchev–Trinajstić information content (AvgIpc) is 3.38. The Kier molecular flexibility index (Phi) is 6.39. The summed E-state index contributed by atoms with van der Waals surface area (Å²) in [5, 5.41) is 0. The van der Waals surface area contributed by atoms with Gasteiger partial charge < -0.3 is 14.2 Å². The fourth-order valence-corrected chi connectivity index (χ4v) is 6.30. The van der Waals surface area contributed by atoms with Crippen LogP contribution in [0.5, 0.6) is 0 Å². The zero-order valence-electron chi connectivity index (χ0n) is 19.3. The zero-order chi connectivity index (χ0) is 22.9. The number of sulfone groups is 1. The van der Waals surface area contributed by atoms with Gasteiger partial charge in [0.2, 0.25) is 0 Å².